The Balaban J connectivity index is 2.25. The fraction of sp³-hybridized carbons (Fsp3) is 0.333. The first-order valence-electron chi connectivity index (χ1n) is 3.62. The van der Waals surface area contributed by atoms with E-state index in [0.29, 0.717) is 13.1 Å². The van der Waals surface area contributed by atoms with Crippen LogP contribution in [0.3, 0.4) is 0 Å². The van der Waals surface area contributed by atoms with Crippen LogP contribution in [0.1, 0.15) is 0 Å². The molecule has 1 saturated heterocycles. The predicted molar refractivity (Wildman–Crippen MR) is 39.0 cm³/mol. The molecule has 1 aliphatic heterocycles. The van der Waals surface area contributed by atoms with Crippen LogP contribution in [0.2, 0.25) is 0 Å². The first-order valence-corrected chi connectivity index (χ1v) is 3.62. The Kier molecular flexibility index (Phi) is 3.06. The molecule has 82 valence electrons. The summed E-state index contributed by atoms with van der Waals surface area (Å²) in [7, 11) is 0. The second-order valence-electron chi connectivity index (χ2n) is 2.33. The molecular formula is C6H5NO8. The zero-order valence-corrected chi connectivity index (χ0v) is 7.17. The van der Waals surface area contributed by atoms with Crippen LogP contribution in [-0.4, -0.2) is 47.7 Å². The SMILES string of the molecule is O=C(O)OC(=O)OC(=O)OC(=O)N1CC1. The fourth-order valence-electron chi connectivity index (χ4n) is 0.549. The minimum atomic E-state index is -1.94. The third-order valence-electron chi connectivity index (χ3n) is 1.21. The number of amides is 1. The second kappa shape index (κ2) is 4.26. The van der Waals surface area contributed by atoms with E-state index in [1.54, 1.807) is 0 Å². The molecule has 1 fully saturated rings. The van der Waals surface area contributed by atoms with Gasteiger partial charge in [-0.1, -0.05) is 0 Å². The van der Waals surface area contributed by atoms with Gasteiger partial charge in [0.25, 0.3) is 0 Å². The van der Waals surface area contributed by atoms with Gasteiger partial charge in [-0.15, -0.1) is 0 Å². The van der Waals surface area contributed by atoms with E-state index >= 15 is 0 Å². The summed E-state index contributed by atoms with van der Waals surface area (Å²) >= 11 is 0. The zero-order chi connectivity index (χ0) is 11.4. The van der Waals surface area contributed by atoms with Crippen molar-refractivity contribution >= 4 is 24.6 Å². The van der Waals surface area contributed by atoms with E-state index in [1.807, 2.05) is 0 Å². The largest absolute Gasteiger partial charge is 0.528 e. The van der Waals surface area contributed by atoms with Crippen LogP contribution in [0.25, 0.3) is 0 Å². The second-order valence-corrected chi connectivity index (χ2v) is 2.33. The van der Waals surface area contributed by atoms with Crippen LogP contribution in [0.5, 0.6) is 0 Å². The van der Waals surface area contributed by atoms with Crippen molar-refractivity contribution in [2.75, 3.05) is 13.1 Å². The van der Waals surface area contributed by atoms with Crippen molar-refractivity contribution in [3.63, 3.8) is 0 Å². The summed E-state index contributed by atoms with van der Waals surface area (Å²) in [6, 6.07) is 0. The van der Waals surface area contributed by atoms with Gasteiger partial charge >= 0.3 is 24.6 Å². The van der Waals surface area contributed by atoms with Gasteiger partial charge in [-0.2, -0.15) is 0 Å². The third-order valence-corrected chi connectivity index (χ3v) is 1.21. The lowest BCUT2D eigenvalue weighted by Gasteiger charge is -2.01. The average Bonchev–Trinajstić information content (AvgIpc) is 2.82. The van der Waals surface area contributed by atoms with Crippen LogP contribution < -0.4 is 0 Å². The van der Waals surface area contributed by atoms with Crippen molar-refractivity contribution in [3.8, 4) is 0 Å². The van der Waals surface area contributed by atoms with Crippen molar-refractivity contribution in [1.29, 1.82) is 0 Å². The number of carboxylic acid groups (broad SMARTS) is 1. The highest BCUT2D eigenvalue weighted by Crippen LogP contribution is 2.06. The number of rotatable bonds is 0. The van der Waals surface area contributed by atoms with Gasteiger partial charge in [0.15, 0.2) is 0 Å². The van der Waals surface area contributed by atoms with Gasteiger partial charge in [-0.05, 0) is 0 Å². The van der Waals surface area contributed by atoms with E-state index in [0.717, 1.165) is 4.90 Å². The molecule has 1 heterocycles. The van der Waals surface area contributed by atoms with Crippen LogP contribution in [0.15, 0.2) is 0 Å². The summed E-state index contributed by atoms with van der Waals surface area (Å²) in [5.41, 5.74) is 0. The Morgan fingerprint density at radius 2 is 1.47 bits per heavy atom. The highest BCUT2D eigenvalue weighted by molar-refractivity contribution is 5.88. The van der Waals surface area contributed by atoms with Gasteiger partial charge in [0.2, 0.25) is 0 Å². The van der Waals surface area contributed by atoms with Crippen LogP contribution in [-0.2, 0) is 14.2 Å². The molecule has 0 saturated carbocycles. The van der Waals surface area contributed by atoms with E-state index in [4.69, 9.17) is 5.11 Å². The normalized spacial score (nSPS) is 12.7. The molecule has 0 radical (unpaired) electrons. The summed E-state index contributed by atoms with van der Waals surface area (Å²) in [5, 5.41) is 7.93. The quantitative estimate of drug-likeness (QED) is 0.353. The number of carbonyl (C=O) groups excluding carboxylic acids is 3. The topological polar surface area (TPSA) is 119 Å². The Bertz CT molecular complexity index is 319. The molecule has 9 heteroatoms. The lowest BCUT2D eigenvalue weighted by atomic mass is 11.0. The maximum atomic E-state index is 10.8. The van der Waals surface area contributed by atoms with Crippen molar-refractivity contribution in [1.82, 2.24) is 4.90 Å². The van der Waals surface area contributed by atoms with E-state index in [-0.39, 0.29) is 0 Å². The van der Waals surface area contributed by atoms with Crippen LogP contribution >= 0.6 is 0 Å². The van der Waals surface area contributed by atoms with E-state index < -0.39 is 24.6 Å². The van der Waals surface area contributed by atoms with E-state index in [9.17, 15) is 19.2 Å². The van der Waals surface area contributed by atoms with Crippen LogP contribution in [0, 0.1) is 0 Å². The maximum absolute atomic E-state index is 10.8. The van der Waals surface area contributed by atoms with Gasteiger partial charge in [-0.25, -0.2) is 19.2 Å². The van der Waals surface area contributed by atoms with Gasteiger partial charge in [0.1, 0.15) is 0 Å². The van der Waals surface area contributed by atoms with Gasteiger partial charge in [0.05, 0.1) is 0 Å². The molecule has 0 aromatic heterocycles. The highest BCUT2D eigenvalue weighted by Gasteiger charge is 2.29. The molecule has 0 aromatic rings. The standard InChI is InChI=1S/C6H5NO8/c8-3(7-1-2-7)13-5(11)15-6(12)14-4(9)10/h1-2H2,(H,9,10). The van der Waals surface area contributed by atoms with Crippen molar-refractivity contribution in [2.24, 2.45) is 0 Å². The number of nitrogens with zero attached hydrogens (tertiary/aromatic N) is 1. The maximum Gasteiger partial charge on any atom is 0.528 e. The van der Waals surface area contributed by atoms with Crippen molar-refractivity contribution in [2.45, 2.75) is 0 Å². The Hall–Kier alpha value is -2.32. The molecule has 0 spiro atoms. The zero-order valence-electron chi connectivity index (χ0n) is 7.17. The minimum absolute atomic E-state index is 0.450. The van der Waals surface area contributed by atoms with E-state index in [2.05, 4.69) is 14.2 Å². The van der Waals surface area contributed by atoms with Crippen molar-refractivity contribution < 1.29 is 38.5 Å². The first-order chi connectivity index (χ1) is 6.99. The fourth-order valence-corrected chi connectivity index (χ4v) is 0.549. The Morgan fingerprint density at radius 1 is 0.933 bits per heavy atom. The molecule has 9 nitrogen and oxygen atoms in total. The Labute approximate surface area is 82.1 Å². The molecule has 0 aliphatic carbocycles. The molecule has 0 atom stereocenters. The molecular weight excluding hydrogens is 214 g/mol. The Morgan fingerprint density at radius 3 is 1.93 bits per heavy atom. The predicted octanol–water partition coefficient (Wildman–Crippen LogP) is 0.390. The summed E-state index contributed by atoms with van der Waals surface area (Å²) in [6.07, 6.45) is -6.34. The minimum Gasteiger partial charge on any atom is -0.449 e. The number of ether oxygens (including phenoxy) is 3. The summed E-state index contributed by atoms with van der Waals surface area (Å²) in [6.45, 7) is 0.900. The molecule has 1 rings (SSSR count). The highest BCUT2D eigenvalue weighted by atomic mass is 16.8. The smallest absolute Gasteiger partial charge is 0.449 e. The molecule has 1 amide bonds. The summed E-state index contributed by atoms with van der Waals surface area (Å²) in [5.74, 6) is 0. The van der Waals surface area contributed by atoms with Gasteiger partial charge < -0.3 is 24.2 Å². The molecule has 15 heavy (non-hydrogen) atoms. The molecule has 1 aliphatic rings. The van der Waals surface area contributed by atoms with Gasteiger partial charge in [0, 0.05) is 13.1 Å². The molecule has 1 N–H and O–H groups in total. The van der Waals surface area contributed by atoms with Crippen LogP contribution in [0.4, 0.5) is 19.2 Å². The van der Waals surface area contributed by atoms with Gasteiger partial charge in [-0.3, -0.25) is 0 Å². The first kappa shape index (κ1) is 10.8. The average molecular weight is 219 g/mol. The lowest BCUT2D eigenvalue weighted by Crippen LogP contribution is -2.22. The molecule has 0 bridgehead atoms. The molecule has 0 unspecified atom stereocenters. The monoisotopic (exact) mass is 219 g/mol. The van der Waals surface area contributed by atoms with Crippen molar-refractivity contribution in [3.05, 3.63) is 0 Å². The summed E-state index contributed by atoms with van der Waals surface area (Å²) < 4.78 is 11.0. The number of hydrogen-bond acceptors (Lipinski definition) is 7. The third kappa shape index (κ3) is 3.93. The van der Waals surface area contributed by atoms with E-state index in [1.165, 1.54) is 0 Å². The summed E-state index contributed by atoms with van der Waals surface area (Å²) in [4.78, 5) is 42.6. The lowest BCUT2D eigenvalue weighted by molar-refractivity contribution is 0.0482. The number of hydrogen-bond donors (Lipinski definition) is 1. The number of carbonyl (C=O) groups is 4. The molecule has 0 aromatic carbocycles.